The fourth-order valence-electron chi connectivity index (χ4n) is 1.78. The molecular weight excluding hydrogens is 354 g/mol. The van der Waals surface area contributed by atoms with Crippen molar-refractivity contribution in [2.75, 3.05) is 10.7 Å². The summed E-state index contributed by atoms with van der Waals surface area (Å²) in [6.07, 6.45) is 0. The van der Waals surface area contributed by atoms with Crippen molar-refractivity contribution in [1.82, 2.24) is 9.97 Å². The number of anilines is 3. The minimum Gasteiger partial charge on any atom is -0.339 e. The van der Waals surface area contributed by atoms with Crippen LogP contribution in [0.1, 0.15) is 31.2 Å². The molecule has 7 heteroatoms. The van der Waals surface area contributed by atoms with Gasteiger partial charge in [0.2, 0.25) is 0 Å². The van der Waals surface area contributed by atoms with Crippen LogP contribution in [0.4, 0.5) is 17.3 Å². The Morgan fingerprint density at radius 3 is 2.52 bits per heavy atom. The predicted molar refractivity (Wildman–Crippen MR) is 91.1 cm³/mol. The highest BCUT2D eigenvalue weighted by Crippen LogP contribution is 2.33. The van der Waals surface area contributed by atoms with Gasteiger partial charge in [0.25, 0.3) is 0 Å². The van der Waals surface area contributed by atoms with Crippen molar-refractivity contribution >= 4 is 44.9 Å². The smallest absolute Gasteiger partial charge is 0.148 e. The third-order valence-corrected chi connectivity index (χ3v) is 4.42. The van der Waals surface area contributed by atoms with Gasteiger partial charge in [-0.25, -0.2) is 15.8 Å². The number of halogens is 2. The molecule has 0 spiro atoms. The van der Waals surface area contributed by atoms with Crippen LogP contribution in [0.2, 0.25) is 5.02 Å². The zero-order valence-electron chi connectivity index (χ0n) is 12.0. The van der Waals surface area contributed by atoms with E-state index in [9.17, 15) is 0 Å². The average Bonchev–Trinajstić information content (AvgIpc) is 2.45. The Kier molecular flexibility index (Phi) is 5.03. The second-order valence-electron chi connectivity index (χ2n) is 4.93. The molecular formula is C14H17BrClN5. The van der Waals surface area contributed by atoms with E-state index < -0.39 is 0 Å². The van der Waals surface area contributed by atoms with Gasteiger partial charge in [0.05, 0.1) is 15.2 Å². The van der Waals surface area contributed by atoms with Gasteiger partial charge in [-0.15, -0.1) is 0 Å². The van der Waals surface area contributed by atoms with Gasteiger partial charge in [0, 0.05) is 11.5 Å². The van der Waals surface area contributed by atoms with E-state index >= 15 is 0 Å². The van der Waals surface area contributed by atoms with Crippen LogP contribution in [-0.2, 0) is 0 Å². The van der Waals surface area contributed by atoms with E-state index in [-0.39, 0.29) is 5.92 Å². The van der Waals surface area contributed by atoms with E-state index in [0.717, 1.165) is 15.7 Å². The molecule has 1 aromatic carbocycles. The molecule has 0 fully saturated rings. The molecule has 0 bridgehead atoms. The lowest BCUT2D eigenvalue weighted by atomic mass is 10.2. The number of benzene rings is 1. The Labute approximate surface area is 137 Å². The first kappa shape index (κ1) is 16.0. The molecule has 0 aliphatic carbocycles. The molecule has 0 saturated heterocycles. The highest BCUT2D eigenvalue weighted by atomic mass is 79.9. The third kappa shape index (κ3) is 3.45. The molecule has 0 aliphatic rings. The van der Waals surface area contributed by atoms with Gasteiger partial charge < -0.3 is 10.7 Å². The maximum atomic E-state index is 6.11. The number of hydrogen-bond donors (Lipinski definition) is 3. The van der Waals surface area contributed by atoms with E-state index in [0.29, 0.717) is 22.5 Å². The Balaban J connectivity index is 2.48. The minimum atomic E-state index is 0.195. The van der Waals surface area contributed by atoms with E-state index in [1.54, 1.807) is 0 Å². The number of nitrogen functional groups attached to an aromatic ring is 1. The van der Waals surface area contributed by atoms with Crippen molar-refractivity contribution in [3.63, 3.8) is 0 Å². The van der Waals surface area contributed by atoms with Crippen molar-refractivity contribution in [3.05, 3.63) is 39.1 Å². The number of hydrazine groups is 1. The second kappa shape index (κ2) is 6.60. The third-order valence-electron chi connectivity index (χ3n) is 3.02. The van der Waals surface area contributed by atoms with E-state index in [2.05, 4.69) is 36.6 Å². The van der Waals surface area contributed by atoms with Crippen molar-refractivity contribution in [1.29, 1.82) is 0 Å². The van der Waals surface area contributed by atoms with Crippen LogP contribution in [0.25, 0.3) is 0 Å². The molecule has 0 radical (unpaired) electrons. The first-order valence-electron chi connectivity index (χ1n) is 6.50. The summed E-state index contributed by atoms with van der Waals surface area (Å²) in [5.41, 5.74) is 4.29. The summed E-state index contributed by atoms with van der Waals surface area (Å²) >= 11 is 9.58. The van der Waals surface area contributed by atoms with Gasteiger partial charge in [-0.3, -0.25) is 0 Å². The molecule has 5 nitrogen and oxygen atoms in total. The molecule has 0 saturated carbocycles. The summed E-state index contributed by atoms with van der Waals surface area (Å²) < 4.78 is 0.790. The fraction of sp³-hybridized carbons (Fsp3) is 0.286. The lowest BCUT2D eigenvalue weighted by molar-refractivity contribution is 0.774. The standard InChI is InChI=1S/C14H17BrClN5/c1-7(2)12-19-13(8(3)14(20-12)21-17)18-10-6-4-5-9(16)11(10)15/h4-7H,17H2,1-3H3,(H2,18,19,20,21). The second-order valence-corrected chi connectivity index (χ2v) is 6.13. The molecule has 0 amide bonds. The number of hydrogen-bond acceptors (Lipinski definition) is 5. The molecule has 4 N–H and O–H groups in total. The first-order chi connectivity index (χ1) is 9.93. The summed E-state index contributed by atoms with van der Waals surface area (Å²) in [7, 11) is 0. The van der Waals surface area contributed by atoms with Gasteiger partial charge >= 0.3 is 0 Å². The normalized spacial score (nSPS) is 10.8. The number of nitrogens with one attached hydrogen (secondary N) is 2. The monoisotopic (exact) mass is 369 g/mol. The fourth-order valence-corrected chi connectivity index (χ4v) is 2.32. The Bertz CT molecular complexity index is 660. The molecule has 0 aliphatic heterocycles. The number of aromatic nitrogens is 2. The van der Waals surface area contributed by atoms with Crippen LogP contribution in [0.3, 0.4) is 0 Å². The molecule has 0 atom stereocenters. The zero-order valence-corrected chi connectivity index (χ0v) is 14.4. The van der Waals surface area contributed by atoms with Gasteiger partial charge in [0.1, 0.15) is 17.5 Å². The highest BCUT2D eigenvalue weighted by Gasteiger charge is 2.14. The molecule has 1 heterocycles. The van der Waals surface area contributed by atoms with Gasteiger partial charge in [-0.1, -0.05) is 31.5 Å². The maximum Gasteiger partial charge on any atom is 0.148 e. The van der Waals surface area contributed by atoms with Crippen LogP contribution < -0.4 is 16.6 Å². The lowest BCUT2D eigenvalue weighted by Crippen LogP contribution is -2.14. The predicted octanol–water partition coefficient (Wildman–Crippen LogP) is 4.35. The van der Waals surface area contributed by atoms with Crippen molar-refractivity contribution in [3.8, 4) is 0 Å². The Morgan fingerprint density at radius 1 is 1.24 bits per heavy atom. The lowest BCUT2D eigenvalue weighted by Gasteiger charge is -2.16. The summed E-state index contributed by atoms with van der Waals surface area (Å²) in [5.74, 6) is 7.75. The SMILES string of the molecule is Cc1c(NN)nc(C(C)C)nc1Nc1cccc(Cl)c1Br. The number of nitrogens with two attached hydrogens (primary N) is 1. The maximum absolute atomic E-state index is 6.11. The number of nitrogens with zero attached hydrogens (tertiary/aromatic N) is 2. The van der Waals surface area contributed by atoms with Crippen LogP contribution >= 0.6 is 27.5 Å². The van der Waals surface area contributed by atoms with Crippen molar-refractivity contribution in [2.45, 2.75) is 26.7 Å². The first-order valence-corrected chi connectivity index (χ1v) is 7.67. The van der Waals surface area contributed by atoms with Gasteiger partial charge in [-0.2, -0.15) is 0 Å². The van der Waals surface area contributed by atoms with Crippen molar-refractivity contribution < 1.29 is 0 Å². The quantitative estimate of drug-likeness (QED) is 0.551. The topological polar surface area (TPSA) is 75.9 Å². The van der Waals surface area contributed by atoms with Gasteiger partial charge in [-0.05, 0) is 35.0 Å². The number of rotatable bonds is 4. The van der Waals surface area contributed by atoms with Crippen LogP contribution in [0.15, 0.2) is 22.7 Å². The minimum absolute atomic E-state index is 0.195. The van der Waals surface area contributed by atoms with Crippen LogP contribution in [0, 0.1) is 6.92 Å². The van der Waals surface area contributed by atoms with E-state index in [4.69, 9.17) is 17.4 Å². The summed E-state index contributed by atoms with van der Waals surface area (Å²) in [4.78, 5) is 8.97. The Morgan fingerprint density at radius 2 is 1.90 bits per heavy atom. The summed E-state index contributed by atoms with van der Waals surface area (Å²) in [5, 5.41) is 3.91. The molecule has 21 heavy (non-hydrogen) atoms. The molecule has 2 aromatic rings. The van der Waals surface area contributed by atoms with E-state index in [1.807, 2.05) is 39.0 Å². The largest absolute Gasteiger partial charge is 0.339 e. The zero-order chi connectivity index (χ0) is 15.6. The summed E-state index contributed by atoms with van der Waals surface area (Å²) in [6, 6.07) is 5.61. The average molecular weight is 371 g/mol. The van der Waals surface area contributed by atoms with E-state index in [1.165, 1.54) is 0 Å². The Hall–Kier alpha value is -1.37. The van der Waals surface area contributed by atoms with Crippen LogP contribution in [0.5, 0.6) is 0 Å². The summed E-state index contributed by atoms with van der Waals surface area (Å²) in [6.45, 7) is 5.97. The molecule has 2 rings (SSSR count). The molecule has 1 aromatic heterocycles. The highest BCUT2D eigenvalue weighted by molar-refractivity contribution is 9.10. The van der Waals surface area contributed by atoms with Gasteiger partial charge in [0.15, 0.2) is 0 Å². The van der Waals surface area contributed by atoms with Crippen LogP contribution in [-0.4, -0.2) is 9.97 Å². The molecule has 0 unspecified atom stereocenters. The van der Waals surface area contributed by atoms with Crippen molar-refractivity contribution in [2.24, 2.45) is 5.84 Å². The molecule has 112 valence electrons.